The van der Waals surface area contributed by atoms with Gasteiger partial charge in [0, 0.05) is 6.04 Å². The molecule has 1 aromatic carbocycles. The summed E-state index contributed by atoms with van der Waals surface area (Å²) in [4.78, 5) is 0. The van der Waals surface area contributed by atoms with Gasteiger partial charge in [0.25, 0.3) is 0 Å². The maximum absolute atomic E-state index is 3.50. The SMILES string of the molecule is CNC(CCCc1ccccc1)CC(C)CC(C)(C)C. The summed E-state index contributed by atoms with van der Waals surface area (Å²) in [7, 11) is 2.11. The predicted molar refractivity (Wildman–Crippen MR) is 90.1 cm³/mol. The summed E-state index contributed by atoms with van der Waals surface area (Å²) in [6.07, 6.45) is 6.36. The molecule has 0 radical (unpaired) electrons. The van der Waals surface area contributed by atoms with Gasteiger partial charge in [-0.05, 0) is 56.0 Å². The first-order valence-electron chi connectivity index (χ1n) is 8.12. The minimum absolute atomic E-state index is 0.446. The maximum atomic E-state index is 3.50. The standard InChI is InChI=1S/C19H33N/c1-16(15-19(2,3)4)14-18(20-5)13-9-12-17-10-7-6-8-11-17/h6-8,10-11,16,18,20H,9,12-15H2,1-5H3. The number of nitrogens with one attached hydrogen (secondary N) is 1. The Morgan fingerprint density at radius 3 is 2.30 bits per heavy atom. The molecular formula is C19H33N. The lowest BCUT2D eigenvalue weighted by Gasteiger charge is -2.26. The van der Waals surface area contributed by atoms with Gasteiger partial charge in [0.2, 0.25) is 0 Å². The van der Waals surface area contributed by atoms with Crippen LogP contribution in [0, 0.1) is 11.3 Å². The zero-order chi connectivity index (χ0) is 15.0. The molecule has 0 saturated carbocycles. The zero-order valence-corrected chi connectivity index (χ0v) is 14.1. The molecule has 0 saturated heterocycles. The first kappa shape index (κ1) is 17.2. The molecule has 0 aliphatic heterocycles. The summed E-state index contributed by atoms with van der Waals surface area (Å²) in [6, 6.07) is 11.5. The van der Waals surface area contributed by atoms with Crippen molar-refractivity contribution in [2.45, 2.75) is 65.8 Å². The number of aryl methyl sites for hydroxylation is 1. The lowest BCUT2D eigenvalue weighted by Crippen LogP contribution is -2.28. The summed E-state index contributed by atoms with van der Waals surface area (Å²) in [5.41, 5.74) is 1.91. The highest BCUT2D eigenvalue weighted by atomic mass is 14.9. The summed E-state index contributed by atoms with van der Waals surface area (Å²) >= 11 is 0. The van der Waals surface area contributed by atoms with E-state index in [0.29, 0.717) is 11.5 Å². The molecule has 1 rings (SSSR count). The molecule has 1 nitrogen and oxygen atoms in total. The van der Waals surface area contributed by atoms with Crippen molar-refractivity contribution in [2.75, 3.05) is 7.05 Å². The van der Waals surface area contributed by atoms with E-state index in [1.807, 2.05) is 0 Å². The fourth-order valence-electron chi connectivity index (χ4n) is 3.19. The van der Waals surface area contributed by atoms with Crippen LogP contribution in [0.4, 0.5) is 0 Å². The van der Waals surface area contributed by atoms with Crippen molar-refractivity contribution in [3.8, 4) is 0 Å². The van der Waals surface area contributed by atoms with Crippen LogP contribution < -0.4 is 5.32 Å². The third kappa shape index (κ3) is 7.69. The van der Waals surface area contributed by atoms with Gasteiger partial charge in [0.1, 0.15) is 0 Å². The second kappa shape index (κ2) is 8.46. The third-order valence-electron chi connectivity index (χ3n) is 3.92. The van der Waals surface area contributed by atoms with Gasteiger partial charge in [-0.25, -0.2) is 0 Å². The van der Waals surface area contributed by atoms with Crippen LogP contribution in [0.25, 0.3) is 0 Å². The average Bonchev–Trinajstić information content (AvgIpc) is 2.36. The minimum Gasteiger partial charge on any atom is -0.317 e. The van der Waals surface area contributed by atoms with Crippen molar-refractivity contribution < 1.29 is 0 Å². The smallest absolute Gasteiger partial charge is 0.00667 e. The highest BCUT2D eigenvalue weighted by Gasteiger charge is 2.18. The van der Waals surface area contributed by atoms with Crippen LogP contribution in [0.2, 0.25) is 0 Å². The molecule has 0 aromatic heterocycles. The molecular weight excluding hydrogens is 242 g/mol. The summed E-state index contributed by atoms with van der Waals surface area (Å²) in [5, 5.41) is 3.50. The molecule has 2 unspecified atom stereocenters. The largest absolute Gasteiger partial charge is 0.317 e. The molecule has 0 spiro atoms. The van der Waals surface area contributed by atoms with Crippen LogP contribution in [0.1, 0.15) is 58.9 Å². The van der Waals surface area contributed by atoms with Crippen LogP contribution >= 0.6 is 0 Å². The molecule has 20 heavy (non-hydrogen) atoms. The topological polar surface area (TPSA) is 12.0 Å². The van der Waals surface area contributed by atoms with E-state index in [0.717, 1.165) is 5.92 Å². The summed E-state index contributed by atoms with van der Waals surface area (Å²) in [5.74, 6) is 0.796. The molecule has 0 bridgehead atoms. The number of rotatable bonds is 8. The molecule has 0 aliphatic carbocycles. The van der Waals surface area contributed by atoms with E-state index in [4.69, 9.17) is 0 Å². The van der Waals surface area contributed by atoms with E-state index in [2.05, 4.69) is 70.4 Å². The van der Waals surface area contributed by atoms with Crippen LogP contribution in [-0.4, -0.2) is 13.1 Å². The van der Waals surface area contributed by atoms with Crippen LogP contribution in [0.3, 0.4) is 0 Å². The zero-order valence-electron chi connectivity index (χ0n) is 14.1. The fourth-order valence-corrected chi connectivity index (χ4v) is 3.19. The van der Waals surface area contributed by atoms with Gasteiger partial charge in [-0.15, -0.1) is 0 Å². The summed E-state index contributed by atoms with van der Waals surface area (Å²) in [6.45, 7) is 9.42. The fraction of sp³-hybridized carbons (Fsp3) is 0.684. The predicted octanol–water partition coefficient (Wildman–Crippen LogP) is 5.06. The van der Waals surface area contributed by atoms with Gasteiger partial charge in [-0.1, -0.05) is 58.0 Å². The molecule has 0 aliphatic rings. The van der Waals surface area contributed by atoms with Crippen LogP contribution in [0.15, 0.2) is 30.3 Å². The highest BCUT2D eigenvalue weighted by Crippen LogP contribution is 2.27. The van der Waals surface area contributed by atoms with E-state index in [-0.39, 0.29) is 0 Å². The van der Waals surface area contributed by atoms with E-state index < -0.39 is 0 Å². The van der Waals surface area contributed by atoms with E-state index in [9.17, 15) is 0 Å². The average molecular weight is 275 g/mol. The first-order valence-corrected chi connectivity index (χ1v) is 8.12. The van der Waals surface area contributed by atoms with Crippen molar-refractivity contribution in [3.63, 3.8) is 0 Å². The van der Waals surface area contributed by atoms with Gasteiger partial charge in [0.15, 0.2) is 0 Å². The van der Waals surface area contributed by atoms with Crippen molar-refractivity contribution in [3.05, 3.63) is 35.9 Å². The van der Waals surface area contributed by atoms with Crippen molar-refractivity contribution in [2.24, 2.45) is 11.3 Å². The van der Waals surface area contributed by atoms with Gasteiger partial charge in [-0.2, -0.15) is 0 Å². The Labute approximate surface area is 126 Å². The molecule has 1 heteroatoms. The Hall–Kier alpha value is -0.820. The minimum atomic E-state index is 0.446. The molecule has 114 valence electrons. The highest BCUT2D eigenvalue weighted by molar-refractivity contribution is 5.14. The van der Waals surface area contributed by atoms with E-state index in [1.165, 1.54) is 37.7 Å². The van der Waals surface area contributed by atoms with Gasteiger partial charge in [0.05, 0.1) is 0 Å². The monoisotopic (exact) mass is 275 g/mol. The molecule has 1 aromatic rings. The molecule has 2 atom stereocenters. The lowest BCUT2D eigenvalue weighted by molar-refractivity contribution is 0.273. The van der Waals surface area contributed by atoms with Gasteiger partial charge in [-0.3, -0.25) is 0 Å². The molecule has 0 fully saturated rings. The van der Waals surface area contributed by atoms with Crippen molar-refractivity contribution >= 4 is 0 Å². The Morgan fingerprint density at radius 2 is 1.75 bits per heavy atom. The number of hydrogen-bond donors (Lipinski definition) is 1. The number of benzene rings is 1. The maximum Gasteiger partial charge on any atom is 0.00667 e. The Balaban J connectivity index is 2.29. The Bertz CT molecular complexity index is 350. The number of hydrogen-bond acceptors (Lipinski definition) is 1. The van der Waals surface area contributed by atoms with Gasteiger partial charge < -0.3 is 5.32 Å². The van der Waals surface area contributed by atoms with E-state index in [1.54, 1.807) is 0 Å². The quantitative estimate of drug-likeness (QED) is 0.699. The summed E-state index contributed by atoms with van der Waals surface area (Å²) < 4.78 is 0. The Morgan fingerprint density at radius 1 is 1.10 bits per heavy atom. The van der Waals surface area contributed by atoms with E-state index >= 15 is 0 Å². The lowest BCUT2D eigenvalue weighted by atomic mass is 9.82. The normalized spacial score (nSPS) is 15.1. The molecule has 0 heterocycles. The van der Waals surface area contributed by atoms with Gasteiger partial charge >= 0.3 is 0 Å². The third-order valence-corrected chi connectivity index (χ3v) is 3.92. The van der Waals surface area contributed by atoms with Crippen LogP contribution in [0.5, 0.6) is 0 Å². The first-order chi connectivity index (χ1) is 9.40. The Kier molecular flexibility index (Phi) is 7.29. The van der Waals surface area contributed by atoms with Crippen molar-refractivity contribution in [1.29, 1.82) is 0 Å². The molecule has 1 N–H and O–H groups in total. The second-order valence-electron chi connectivity index (χ2n) is 7.47. The van der Waals surface area contributed by atoms with Crippen molar-refractivity contribution in [1.82, 2.24) is 5.32 Å². The second-order valence-corrected chi connectivity index (χ2v) is 7.47. The van der Waals surface area contributed by atoms with Crippen LogP contribution in [-0.2, 0) is 6.42 Å². The molecule has 0 amide bonds.